The molecule has 0 bridgehead atoms. The third kappa shape index (κ3) is 3.42. The number of hydrogen-bond donors (Lipinski definition) is 1. The molecular weight excluding hydrogens is 346 g/mol. The van der Waals surface area contributed by atoms with Crippen LogP contribution in [-0.4, -0.2) is 23.2 Å². The van der Waals surface area contributed by atoms with Crippen molar-refractivity contribution in [2.24, 2.45) is 0 Å². The van der Waals surface area contributed by atoms with Gasteiger partial charge >= 0.3 is 5.97 Å². The van der Waals surface area contributed by atoms with Crippen LogP contribution in [0.1, 0.15) is 4.88 Å². The average molecular weight is 360 g/mol. The molecule has 2 aromatic carbocycles. The summed E-state index contributed by atoms with van der Waals surface area (Å²) < 4.78 is 5.16. The highest BCUT2D eigenvalue weighted by molar-refractivity contribution is 7.15. The highest BCUT2D eigenvalue weighted by atomic mass is 35.5. The number of nitrogens with zero attached hydrogens (tertiary/aromatic N) is 1. The molecule has 4 nitrogen and oxygen atoms in total. The van der Waals surface area contributed by atoms with Crippen molar-refractivity contribution in [2.75, 3.05) is 7.11 Å². The quantitative estimate of drug-likeness (QED) is 0.713. The minimum absolute atomic E-state index is 0.0889. The van der Waals surface area contributed by atoms with Gasteiger partial charge in [-0.1, -0.05) is 29.8 Å². The van der Waals surface area contributed by atoms with Crippen LogP contribution in [-0.2, 0) is 11.2 Å². The predicted molar refractivity (Wildman–Crippen MR) is 95.9 cm³/mol. The number of thiazole rings is 1. The standard InChI is InChI=1S/C18H14ClNO3S/c1-23-12-8-6-11(7-9-12)18-20-17(15(24-18)10-16(21)22)13-4-2-3-5-14(13)19/h2-9H,10H2,1H3,(H,21,22). The van der Waals surface area contributed by atoms with E-state index < -0.39 is 5.97 Å². The number of rotatable bonds is 5. The Morgan fingerprint density at radius 2 is 1.92 bits per heavy atom. The lowest BCUT2D eigenvalue weighted by Gasteiger charge is -2.02. The zero-order valence-electron chi connectivity index (χ0n) is 12.8. The molecule has 0 aliphatic heterocycles. The minimum atomic E-state index is -0.895. The van der Waals surface area contributed by atoms with Gasteiger partial charge in [0.15, 0.2) is 0 Å². The first-order valence-electron chi connectivity index (χ1n) is 7.19. The Kier molecular flexibility index (Phi) is 4.83. The first-order chi connectivity index (χ1) is 11.6. The Morgan fingerprint density at radius 3 is 2.54 bits per heavy atom. The molecular formula is C18H14ClNO3S. The summed E-state index contributed by atoms with van der Waals surface area (Å²) in [6.45, 7) is 0. The molecule has 0 saturated heterocycles. The van der Waals surface area contributed by atoms with Crippen molar-refractivity contribution in [3.8, 4) is 27.6 Å². The Labute approximate surface area is 148 Å². The normalized spacial score (nSPS) is 10.6. The maximum Gasteiger partial charge on any atom is 0.308 e. The van der Waals surface area contributed by atoms with E-state index in [1.807, 2.05) is 42.5 Å². The molecule has 1 heterocycles. The van der Waals surface area contributed by atoms with Gasteiger partial charge in [0.25, 0.3) is 0 Å². The van der Waals surface area contributed by atoms with E-state index in [1.165, 1.54) is 11.3 Å². The molecule has 1 N–H and O–H groups in total. The van der Waals surface area contributed by atoms with E-state index in [9.17, 15) is 9.90 Å². The van der Waals surface area contributed by atoms with E-state index >= 15 is 0 Å². The first kappa shape index (κ1) is 16.5. The van der Waals surface area contributed by atoms with E-state index in [-0.39, 0.29) is 6.42 Å². The molecule has 0 aliphatic rings. The Hall–Kier alpha value is -2.37. The van der Waals surface area contributed by atoms with E-state index in [0.717, 1.165) is 21.9 Å². The van der Waals surface area contributed by atoms with Crippen LogP contribution in [0.15, 0.2) is 48.5 Å². The number of aliphatic carboxylic acids is 1. The summed E-state index contributed by atoms with van der Waals surface area (Å²) in [5, 5.41) is 10.5. The molecule has 6 heteroatoms. The van der Waals surface area contributed by atoms with E-state index in [0.29, 0.717) is 15.6 Å². The first-order valence-corrected chi connectivity index (χ1v) is 8.38. The second-order valence-corrected chi connectivity index (χ2v) is 6.56. The second-order valence-electron chi connectivity index (χ2n) is 5.07. The molecule has 3 aromatic rings. The topological polar surface area (TPSA) is 59.4 Å². The summed E-state index contributed by atoms with van der Waals surface area (Å²) in [4.78, 5) is 16.5. The summed E-state index contributed by atoms with van der Waals surface area (Å²) in [5.41, 5.74) is 2.27. The summed E-state index contributed by atoms with van der Waals surface area (Å²) in [7, 11) is 1.61. The average Bonchev–Trinajstić information content (AvgIpc) is 2.98. The van der Waals surface area contributed by atoms with Crippen LogP contribution in [0, 0.1) is 0 Å². The fourth-order valence-electron chi connectivity index (χ4n) is 2.33. The molecule has 0 radical (unpaired) electrons. The number of aromatic nitrogens is 1. The summed E-state index contributed by atoms with van der Waals surface area (Å²) >= 11 is 7.63. The molecule has 0 unspecified atom stereocenters. The number of benzene rings is 2. The molecule has 0 spiro atoms. The Balaban J connectivity index is 2.09. The zero-order valence-corrected chi connectivity index (χ0v) is 14.4. The van der Waals surface area contributed by atoms with Crippen LogP contribution in [0.5, 0.6) is 5.75 Å². The van der Waals surface area contributed by atoms with Crippen molar-refractivity contribution < 1.29 is 14.6 Å². The largest absolute Gasteiger partial charge is 0.497 e. The van der Waals surface area contributed by atoms with Gasteiger partial charge in [-0.05, 0) is 30.3 Å². The fourth-order valence-corrected chi connectivity index (χ4v) is 3.63. The van der Waals surface area contributed by atoms with Crippen molar-refractivity contribution in [3.05, 3.63) is 58.4 Å². The number of ether oxygens (including phenoxy) is 1. The fraction of sp³-hybridized carbons (Fsp3) is 0.111. The highest BCUT2D eigenvalue weighted by Crippen LogP contribution is 2.37. The van der Waals surface area contributed by atoms with Crippen molar-refractivity contribution in [1.82, 2.24) is 4.98 Å². The van der Waals surface area contributed by atoms with Gasteiger partial charge in [0.1, 0.15) is 10.8 Å². The number of carboxylic acid groups (broad SMARTS) is 1. The van der Waals surface area contributed by atoms with Crippen molar-refractivity contribution in [2.45, 2.75) is 6.42 Å². The van der Waals surface area contributed by atoms with Crippen LogP contribution < -0.4 is 4.74 Å². The number of methoxy groups -OCH3 is 1. The van der Waals surface area contributed by atoms with Gasteiger partial charge in [-0.25, -0.2) is 4.98 Å². The lowest BCUT2D eigenvalue weighted by atomic mass is 10.1. The van der Waals surface area contributed by atoms with Crippen LogP contribution in [0.3, 0.4) is 0 Å². The van der Waals surface area contributed by atoms with Crippen molar-refractivity contribution >= 4 is 28.9 Å². The van der Waals surface area contributed by atoms with Crippen LogP contribution in [0.2, 0.25) is 5.02 Å². The van der Waals surface area contributed by atoms with E-state index in [2.05, 4.69) is 4.98 Å². The van der Waals surface area contributed by atoms with Crippen molar-refractivity contribution in [1.29, 1.82) is 0 Å². The van der Waals surface area contributed by atoms with Crippen LogP contribution >= 0.6 is 22.9 Å². The number of hydrogen-bond acceptors (Lipinski definition) is 4. The van der Waals surface area contributed by atoms with Gasteiger partial charge in [-0.15, -0.1) is 11.3 Å². The summed E-state index contributed by atoms with van der Waals surface area (Å²) in [6, 6.07) is 14.8. The van der Waals surface area contributed by atoms with Crippen LogP contribution in [0.25, 0.3) is 21.8 Å². The molecule has 0 saturated carbocycles. The molecule has 24 heavy (non-hydrogen) atoms. The van der Waals surface area contributed by atoms with Gasteiger partial charge in [-0.3, -0.25) is 4.79 Å². The number of carboxylic acids is 1. The minimum Gasteiger partial charge on any atom is -0.497 e. The lowest BCUT2D eigenvalue weighted by molar-refractivity contribution is -0.136. The third-order valence-corrected chi connectivity index (χ3v) is 4.91. The maximum absolute atomic E-state index is 11.2. The van der Waals surface area contributed by atoms with E-state index in [4.69, 9.17) is 16.3 Å². The smallest absolute Gasteiger partial charge is 0.308 e. The lowest BCUT2D eigenvalue weighted by Crippen LogP contribution is -1.99. The van der Waals surface area contributed by atoms with Crippen LogP contribution in [0.4, 0.5) is 0 Å². The van der Waals surface area contributed by atoms with Crippen molar-refractivity contribution in [3.63, 3.8) is 0 Å². The summed E-state index contributed by atoms with van der Waals surface area (Å²) in [5.74, 6) is -0.138. The molecule has 0 fully saturated rings. The number of carbonyl (C=O) groups is 1. The SMILES string of the molecule is COc1ccc(-c2nc(-c3ccccc3Cl)c(CC(=O)O)s2)cc1. The molecule has 0 amide bonds. The zero-order chi connectivity index (χ0) is 17.1. The molecule has 1 aromatic heterocycles. The van der Waals surface area contributed by atoms with Gasteiger partial charge < -0.3 is 9.84 Å². The molecule has 0 aliphatic carbocycles. The Bertz CT molecular complexity index is 874. The summed E-state index contributed by atoms with van der Waals surface area (Å²) in [6.07, 6.45) is -0.0889. The van der Waals surface area contributed by atoms with E-state index in [1.54, 1.807) is 13.2 Å². The highest BCUT2D eigenvalue weighted by Gasteiger charge is 2.18. The van der Waals surface area contributed by atoms with Gasteiger partial charge in [0, 0.05) is 21.0 Å². The molecule has 3 rings (SSSR count). The Morgan fingerprint density at radius 1 is 1.21 bits per heavy atom. The number of halogens is 1. The van der Waals surface area contributed by atoms with Gasteiger partial charge in [0.05, 0.1) is 19.2 Å². The predicted octanol–water partition coefficient (Wildman–Crippen LogP) is 4.77. The monoisotopic (exact) mass is 359 g/mol. The maximum atomic E-state index is 11.2. The molecule has 122 valence electrons. The van der Waals surface area contributed by atoms with Gasteiger partial charge in [0.2, 0.25) is 0 Å². The third-order valence-electron chi connectivity index (χ3n) is 3.48. The van der Waals surface area contributed by atoms with Gasteiger partial charge in [-0.2, -0.15) is 0 Å². The second kappa shape index (κ2) is 7.03. The molecule has 0 atom stereocenters.